The number of allylic oxidation sites excluding steroid dienone is 1. The van der Waals surface area contributed by atoms with Gasteiger partial charge in [-0.2, -0.15) is 0 Å². The number of nitrogens with zero attached hydrogens (tertiary/aromatic N) is 2. The van der Waals surface area contributed by atoms with E-state index in [2.05, 4.69) is 16.9 Å². The Morgan fingerprint density at radius 3 is 2.81 bits per heavy atom. The molecule has 4 rings (SSSR count). The predicted molar refractivity (Wildman–Crippen MR) is 120 cm³/mol. The fourth-order valence-electron chi connectivity index (χ4n) is 4.79. The third kappa shape index (κ3) is 3.82. The Kier molecular flexibility index (Phi) is 6.01. The summed E-state index contributed by atoms with van der Waals surface area (Å²) in [4.78, 5) is 4.47. The van der Waals surface area contributed by atoms with E-state index in [1.54, 1.807) is 12.3 Å². The van der Waals surface area contributed by atoms with E-state index < -0.39 is 24.4 Å². The molecule has 0 unspecified atom stereocenters. The van der Waals surface area contributed by atoms with E-state index in [-0.39, 0.29) is 11.9 Å². The van der Waals surface area contributed by atoms with Crippen molar-refractivity contribution in [2.45, 2.75) is 64.0 Å². The lowest BCUT2D eigenvalue weighted by atomic mass is 9.93. The molecule has 0 radical (unpaired) electrons. The number of aliphatic imine (C=N–C) groups is 1. The van der Waals surface area contributed by atoms with E-state index >= 15 is 0 Å². The monoisotopic (exact) mass is 427 g/mol. The van der Waals surface area contributed by atoms with Gasteiger partial charge in [0.15, 0.2) is 0 Å². The van der Waals surface area contributed by atoms with Crippen LogP contribution in [0.1, 0.15) is 56.0 Å². The highest BCUT2D eigenvalue weighted by atomic mass is 19.1. The van der Waals surface area contributed by atoms with Crippen LogP contribution < -0.4 is 10.1 Å². The van der Waals surface area contributed by atoms with Gasteiger partial charge < -0.3 is 24.8 Å². The normalized spacial score (nSPS) is 28.1. The van der Waals surface area contributed by atoms with Crippen molar-refractivity contribution in [2.75, 3.05) is 6.54 Å². The van der Waals surface area contributed by atoms with E-state index in [1.807, 2.05) is 37.6 Å². The van der Waals surface area contributed by atoms with E-state index in [9.17, 15) is 14.6 Å². The van der Waals surface area contributed by atoms with Gasteiger partial charge in [-0.3, -0.25) is 0 Å². The maximum absolute atomic E-state index is 14.3. The molecule has 1 aliphatic heterocycles. The lowest BCUT2D eigenvalue weighted by molar-refractivity contribution is -0.0169. The fourth-order valence-corrected chi connectivity index (χ4v) is 4.79. The van der Waals surface area contributed by atoms with E-state index in [1.165, 1.54) is 6.07 Å². The maximum Gasteiger partial charge on any atom is 0.140 e. The third-order valence-electron chi connectivity index (χ3n) is 6.35. The molecule has 2 aliphatic rings. The van der Waals surface area contributed by atoms with Crippen molar-refractivity contribution in [1.82, 2.24) is 9.88 Å². The number of aliphatic hydroxyl groups excluding tert-OH is 2. The van der Waals surface area contributed by atoms with Gasteiger partial charge in [0, 0.05) is 36.0 Å². The minimum absolute atomic E-state index is 0.0539. The van der Waals surface area contributed by atoms with Crippen LogP contribution in [0.25, 0.3) is 5.57 Å². The first-order valence-electron chi connectivity index (χ1n) is 10.8. The van der Waals surface area contributed by atoms with Crippen molar-refractivity contribution in [3.05, 3.63) is 53.5 Å². The molecule has 6 nitrogen and oxygen atoms in total. The average Bonchev–Trinajstić information content (AvgIpc) is 3.27. The molecule has 1 saturated carbocycles. The molecule has 1 aromatic carbocycles. The van der Waals surface area contributed by atoms with Gasteiger partial charge in [-0.05, 0) is 63.1 Å². The molecule has 3 N–H and O–H groups in total. The Morgan fingerprint density at radius 1 is 1.32 bits per heavy atom. The number of rotatable bonds is 5. The molecule has 0 amide bonds. The highest BCUT2D eigenvalue weighted by Gasteiger charge is 2.45. The number of ether oxygens (including phenoxy) is 1. The second kappa shape index (κ2) is 8.57. The molecule has 1 aliphatic carbocycles. The van der Waals surface area contributed by atoms with Gasteiger partial charge in [-0.15, -0.1) is 0 Å². The number of aromatic nitrogens is 1. The smallest absolute Gasteiger partial charge is 0.140 e. The second-order valence-corrected chi connectivity index (χ2v) is 8.43. The van der Waals surface area contributed by atoms with Crippen molar-refractivity contribution in [3.8, 4) is 5.75 Å². The van der Waals surface area contributed by atoms with Crippen LogP contribution in [0.15, 0.2) is 36.0 Å². The van der Waals surface area contributed by atoms with Crippen molar-refractivity contribution >= 4 is 17.6 Å². The summed E-state index contributed by atoms with van der Waals surface area (Å²) in [7, 11) is 0. The molecule has 5 atom stereocenters. The fraction of sp³-hybridized carbons (Fsp3) is 0.458. The van der Waals surface area contributed by atoms with Gasteiger partial charge in [0.1, 0.15) is 35.7 Å². The number of benzene rings is 1. The lowest BCUT2D eigenvalue weighted by Crippen LogP contribution is -2.35. The van der Waals surface area contributed by atoms with Crippen LogP contribution >= 0.6 is 0 Å². The van der Waals surface area contributed by atoms with Gasteiger partial charge in [0.2, 0.25) is 0 Å². The number of halogens is 1. The summed E-state index contributed by atoms with van der Waals surface area (Å²) in [5.74, 6) is 1.01. The zero-order valence-corrected chi connectivity index (χ0v) is 18.2. The highest BCUT2D eigenvalue weighted by molar-refractivity contribution is 5.73. The Bertz CT molecular complexity index is 1020. The summed E-state index contributed by atoms with van der Waals surface area (Å²) >= 11 is 0. The van der Waals surface area contributed by atoms with Crippen LogP contribution in [0.3, 0.4) is 0 Å². The van der Waals surface area contributed by atoms with Crippen molar-refractivity contribution in [3.63, 3.8) is 0 Å². The quantitative estimate of drug-likeness (QED) is 0.636. The predicted octanol–water partition coefficient (Wildman–Crippen LogP) is 3.70. The molecular formula is C24H30FN3O3. The minimum atomic E-state index is -1.08. The van der Waals surface area contributed by atoms with Crippen LogP contribution in [0, 0.1) is 5.82 Å². The molecule has 1 aromatic heterocycles. The first kappa shape index (κ1) is 21.7. The Hall–Kier alpha value is -2.48. The number of hydrogen-bond donors (Lipinski definition) is 3. The molecule has 2 heterocycles. The molecule has 31 heavy (non-hydrogen) atoms. The zero-order valence-electron chi connectivity index (χ0n) is 18.2. The van der Waals surface area contributed by atoms with Crippen LogP contribution in [0.5, 0.6) is 5.75 Å². The van der Waals surface area contributed by atoms with Gasteiger partial charge in [-0.1, -0.05) is 6.58 Å². The first-order valence-corrected chi connectivity index (χ1v) is 10.8. The molecule has 0 saturated heterocycles. The molecule has 0 bridgehead atoms. The van der Waals surface area contributed by atoms with Crippen molar-refractivity contribution < 1.29 is 19.3 Å². The molecule has 1 fully saturated rings. The van der Waals surface area contributed by atoms with Crippen molar-refractivity contribution in [2.24, 2.45) is 4.99 Å². The van der Waals surface area contributed by atoms with Crippen LogP contribution in [0.2, 0.25) is 0 Å². The number of hydrogen-bond acceptors (Lipinski definition) is 5. The Labute approximate surface area is 182 Å². The first-order chi connectivity index (χ1) is 14.8. The Balaban J connectivity index is 1.64. The molecule has 2 aromatic rings. The Morgan fingerprint density at radius 2 is 2.10 bits per heavy atom. The summed E-state index contributed by atoms with van der Waals surface area (Å²) in [5.41, 5.74) is 3.22. The molecule has 0 spiro atoms. The SMILES string of the molecule is C=C(C)c1ccn([C@@H]2C[C@H](Oc3ccc(F)c4c3[C@H](C)NCC4)[C@@H](O)[C@H]2O)c1N=CC. The molecular weight excluding hydrogens is 397 g/mol. The number of nitrogens with one attached hydrogen (secondary N) is 1. The minimum Gasteiger partial charge on any atom is -0.487 e. The lowest BCUT2D eigenvalue weighted by Gasteiger charge is -2.28. The van der Waals surface area contributed by atoms with Crippen LogP contribution in [0.4, 0.5) is 10.2 Å². The topological polar surface area (TPSA) is 79.0 Å². The number of aliphatic hydroxyl groups is 2. The van der Waals surface area contributed by atoms with E-state index in [4.69, 9.17) is 4.74 Å². The van der Waals surface area contributed by atoms with E-state index in [0.717, 1.165) is 16.7 Å². The zero-order chi connectivity index (χ0) is 22.3. The van der Waals surface area contributed by atoms with Gasteiger partial charge in [-0.25, -0.2) is 9.38 Å². The molecule has 166 valence electrons. The summed E-state index contributed by atoms with van der Waals surface area (Å²) in [6.45, 7) is 10.4. The summed E-state index contributed by atoms with van der Waals surface area (Å²) < 4.78 is 22.4. The summed E-state index contributed by atoms with van der Waals surface area (Å²) in [6.07, 6.45) is 1.82. The van der Waals surface area contributed by atoms with Gasteiger partial charge >= 0.3 is 0 Å². The largest absolute Gasteiger partial charge is 0.487 e. The highest BCUT2D eigenvalue weighted by Crippen LogP contribution is 2.41. The van der Waals surface area contributed by atoms with Crippen LogP contribution in [-0.2, 0) is 6.42 Å². The summed E-state index contributed by atoms with van der Waals surface area (Å²) in [6, 6.07) is 4.49. The van der Waals surface area contributed by atoms with Gasteiger partial charge in [0.05, 0.1) is 6.04 Å². The summed E-state index contributed by atoms with van der Waals surface area (Å²) in [5, 5.41) is 24.9. The average molecular weight is 428 g/mol. The van der Waals surface area contributed by atoms with Gasteiger partial charge in [0.25, 0.3) is 0 Å². The third-order valence-corrected chi connectivity index (χ3v) is 6.35. The second-order valence-electron chi connectivity index (χ2n) is 8.43. The van der Waals surface area contributed by atoms with E-state index in [0.29, 0.717) is 36.5 Å². The van der Waals surface area contributed by atoms with Crippen molar-refractivity contribution in [1.29, 1.82) is 0 Å². The maximum atomic E-state index is 14.3. The standard InChI is InChI=1S/C24H30FN3O3/c1-5-26-24-15(13(2)3)9-11-28(24)18-12-20(23(30)22(18)29)31-19-7-6-17(25)16-8-10-27-14(4)21(16)19/h5-7,9,11,14,18,20,22-23,27,29-30H,2,8,10,12H2,1,3-4H3/t14-,18+,20-,22-,23+/m0/s1. The molecule has 7 heteroatoms. The number of fused-ring (bicyclic) bond motifs is 1. The van der Waals surface area contributed by atoms with Crippen LogP contribution in [-0.4, -0.2) is 45.9 Å².